The zero-order valence-electron chi connectivity index (χ0n) is 21.0. The number of aliphatic carboxylic acids is 1. The molecule has 0 radical (unpaired) electrons. The maximum atomic E-state index is 11.7. The summed E-state index contributed by atoms with van der Waals surface area (Å²) in [6, 6.07) is 14.8. The van der Waals surface area contributed by atoms with Crippen molar-refractivity contribution < 1.29 is 28.9 Å². The summed E-state index contributed by atoms with van der Waals surface area (Å²) in [6.45, 7) is 3.73. The van der Waals surface area contributed by atoms with Gasteiger partial charge in [0.05, 0.1) is 14.2 Å². The number of carbonyl (C=O) groups is 2. The Bertz CT molecular complexity index is 981. The fourth-order valence-corrected chi connectivity index (χ4v) is 3.62. The van der Waals surface area contributed by atoms with Gasteiger partial charge >= 0.3 is 11.9 Å². The van der Waals surface area contributed by atoms with Gasteiger partial charge in [0, 0.05) is 11.6 Å². The van der Waals surface area contributed by atoms with Gasteiger partial charge in [-0.25, -0.2) is 9.59 Å². The van der Waals surface area contributed by atoms with Gasteiger partial charge in [-0.3, -0.25) is 0 Å². The van der Waals surface area contributed by atoms with Crippen molar-refractivity contribution in [1.82, 2.24) is 0 Å². The van der Waals surface area contributed by atoms with E-state index >= 15 is 0 Å². The SMILES string of the molecule is COc1ccc(C=C(C(=O)O)C(C)C)cc1.COc1ccc(C=CC(=O)OC2CCCCC2)cc1. The van der Waals surface area contributed by atoms with Gasteiger partial charge in [-0.1, -0.05) is 44.5 Å². The average Bonchev–Trinajstić information content (AvgIpc) is 2.87. The van der Waals surface area contributed by atoms with Gasteiger partial charge in [-0.2, -0.15) is 0 Å². The van der Waals surface area contributed by atoms with Crippen LogP contribution in [0.3, 0.4) is 0 Å². The first-order valence-corrected chi connectivity index (χ1v) is 11.9. The molecule has 6 nitrogen and oxygen atoms in total. The number of hydrogen-bond acceptors (Lipinski definition) is 5. The molecular formula is C29H36O6. The number of methoxy groups -OCH3 is 2. The third-order valence-electron chi connectivity index (χ3n) is 5.67. The first kappa shape index (κ1) is 27.7. The predicted octanol–water partition coefficient (Wildman–Crippen LogP) is 6.40. The number of benzene rings is 2. The van der Waals surface area contributed by atoms with Gasteiger partial charge in [0.25, 0.3) is 0 Å². The molecule has 0 aliphatic heterocycles. The Labute approximate surface area is 208 Å². The molecule has 1 aliphatic rings. The van der Waals surface area contributed by atoms with Crippen LogP contribution in [-0.2, 0) is 14.3 Å². The molecular weight excluding hydrogens is 444 g/mol. The fraction of sp³-hybridized carbons (Fsp3) is 0.379. The molecule has 3 rings (SSSR count). The molecule has 1 N–H and O–H groups in total. The van der Waals surface area contributed by atoms with Crippen LogP contribution in [-0.4, -0.2) is 37.4 Å². The van der Waals surface area contributed by atoms with Crippen LogP contribution in [0.2, 0.25) is 0 Å². The average molecular weight is 481 g/mol. The first-order valence-electron chi connectivity index (χ1n) is 11.9. The standard InChI is InChI=1S/C16H20O3.C13H16O3/c1-18-14-10-7-13(8-11-14)9-12-16(17)19-15-5-3-2-4-6-15;1-9(2)12(13(14)15)8-10-4-6-11(16-3)7-5-10/h7-12,15H,2-6H2,1H3;4-9H,1-3H3,(H,14,15). The number of carboxylic acids is 1. The van der Waals surface area contributed by atoms with Gasteiger partial charge in [-0.05, 0) is 79.1 Å². The summed E-state index contributed by atoms with van der Waals surface area (Å²) < 4.78 is 15.5. The van der Waals surface area contributed by atoms with Crippen LogP contribution in [0.1, 0.15) is 57.1 Å². The van der Waals surface area contributed by atoms with Crippen LogP contribution in [0.15, 0.2) is 60.2 Å². The van der Waals surface area contributed by atoms with Gasteiger partial charge < -0.3 is 19.3 Å². The highest BCUT2D eigenvalue weighted by atomic mass is 16.5. The number of esters is 1. The molecule has 0 amide bonds. The molecule has 0 heterocycles. The highest BCUT2D eigenvalue weighted by molar-refractivity contribution is 5.92. The molecule has 2 aromatic rings. The molecule has 1 saturated carbocycles. The predicted molar refractivity (Wildman–Crippen MR) is 138 cm³/mol. The summed E-state index contributed by atoms with van der Waals surface area (Å²) >= 11 is 0. The summed E-state index contributed by atoms with van der Waals surface area (Å²) in [5.41, 5.74) is 2.23. The van der Waals surface area contributed by atoms with Crippen LogP contribution < -0.4 is 9.47 Å². The molecule has 188 valence electrons. The van der Waals surface area contributed by atoms with E-state index in [2.05, 4.69) is 0 Å². The molecule has 0 aromatic heterocycles. The maximum absolute atomic E-state index is 11.7. The van der Waals surface area contributed by atoms with E-state index in [4.69, 9.17) is 19.3 Å². The lowest BCUT2D eigenvalue weighted by Crippen LogP contribution is -2.19. The van der Waals surface area contributed by atoms with Crippen LogP contribution in [0.25, 0.3) is 12.2 Å². The van der Waals surface area contributed by atoms with Crippen molar-refractivity contribution in [3.63, 3.8) is 0 Å². The minimum absolute atomic E-state index is 0.000369. The van der Waals surface area contributed by atoms with Crippen molar-refractivity contribution in [1.29, 1.82) is 0 Å². The molecule has 0 saturated heterocycles. The monoisotopic (exact) mass is 480 g/mol. The normalized spacial score (nSPS) is 14.3. The van der Waals surface area contributed by atoms with Gasteiger partial charge in [-0.15, -0.1) is 0 Å². The fourth-order valence-electron chi connectivity index (χ4n) is 3.62. The molecule has 0 bridgehead atoms. The first-order chi connectivity index (χ1) is 16.8. The highest BCUT2D eigenvalue weighted by Crippen LogP contribution is 2.21. The number of ether oxygens (including phenoxy) is 3. The van der Waals surface area contributed by atoms with Gasteiger partial charge in [0.2, 0.25) is 0 Å². The Morgan fingerprint density at radius 1 is 0.857 bits per heavy atom. The topological polar surface area (TPSA) is 82.1 Å². The van der Waals surface area contributed by atoms with E-state index in [0.29, 0.717) is 5.57 Å². The summed E-state index contributed by atoms with van der Waals surface area (Å²) in [7, 11) is 3.23. The molecule has 1 fully saturated rings. The lowest BCUT2D eigenvalue weighted by atomic mass is 9.98. The van der Waals surface area contributed by atoms with E-state index in [-0.39, 0.29) is 18.0 Å². The summed E-state index contributed by atoms with van der Waals surface area (Å²) in [5, 5.41) is 9.01. The molecule has 0 spiro atoms. The van der Waals surface area contributed by atoms with Crippen LogP contribution in [0.4, 0.5) is 0 Å². The maximum Gasteiger partial charge on any atom is 0.331 e. The van der Waals surface area contributed by atoms with E-state index in [1.165, 1.54) is 25.3 Å². The van der Waals surface area contributed by atoms with Crippen molar-refractivity contribution in [3.05, 3.63) is 71.3 Å². The molecule has 35 heavy (non-hydrogen) atoms. The third kappa shape index (κ3) is 10.1. The number of carboxylic acid groups (broad SMARTS) is 1. The summed E-state index contributed by atoms with van der Waals surface area (Å²) in [4.78, 5) is 22.6. The van der Waals surface area contributed by atoms with Crippen molar-refractivity contribution >= 4 is 24.1 Å². The third-order valence-corrected chi connectivity index (χ3v) is 5.67. The van der Waals surface area contributed by atoms with E-state index in [9.17, 15) is 9.59 Å². The van der Waals surface area contributed by atoms with Crippen LogP contribution in [0, 0.1) is 5.92 Å². The van der Waals surface area contributed by atoms with E-state index < -0.39 is 5.97 Å². The quantitative estimate of drug-likeness (QED) is 0.348. The highest BCUT2D eigenvalue weighted by Gasteiger charge is 2.16. The molecule has 0 atom stereocenters. The Morgan fingerprint density at radius 3 is 1.83 bits per heavy atom. The molecule has 1 aliphatic carbocycles. The van der Waals surface area contributed by atoms with Crippen molar-refractivity contribution in [2.24, 2.45) is 5.92 Å². The van der Waals surface area contributed by atoms with Gasteiger partial charge in [0.1, 0.15) is 17.6 Å². The number of rotatable bonds is 8. The molecule has 6 heteroatoms. The molecule has 2 aromatic carbocycles. The Morgan fingerprint density at radius 2 is 1.37 bits per heavy atom. The molecule has 0 unspecified atom stereocenters. The second-order valence-electron chi connectivity index (χ2n) is 8.64. The van der Waals surface area contributed by atoms with E-state index in [0.717, 1.165) is 35.5 Å². The lowest BCUT2D eigenvalue weighted by Gasteiger charge is -2.20. The number of carbonyl (C=O) groups excluding carboxylic acids is 1. The van der Waals surface area contributed by atoms with Crippen LogP contribution >= 0.6 is 0 Å². The summed E-state index contributed by atoms with van der Waals surface area (Å²) in [5.74, 6) is 0.452. The lowest BCUT2D eigenvalue weighted by molar-refractivity contribution is -0.144. The Kier molecular flexibility index (Phi) is 11.6. The van der Waals surface area contributed by atoms with E-state index in [1.54, 1.807) is 26.4 Å². The van der Waals surface area contributed by atoms with Crippen molar-refractivity contribution in [3.8, 4) is 11.5 Å². The van der Waals surface area contributed by atoms with Crippen molar-refractivity contribution in [2.45, 2.75) is 52.1 Å². The van der Waals surface area contributed by atoms with Crippen LogP contribution in [0.5, 0.6) is 11.5 Å². The zero-order valence-corrected chi connectivity index (χ0v) is 21.0. The van der Waals surface area contributed by atoms with E-state index in [1.807, 2.05) is 62.4 Å². The Balaban J connectivity index is 0.000000251. The second-order valence-corrected chi connectivity index (χ2v) is 8.64. The smallest absolute Gasteiger partial charge is 0.331 e. The van der Waals surface area contributed by atoms with Gasteiger partial charge in [0.15, 0.2) is 0 Å². The Hall–Kier alpha value is -3.54. The summed E-state index contributed by atoms with van der Waals surface area (Å²) in [6.07, 6.45) is 10.7. The minimum atomic E-state index is -0.870. The zero-order chi connectivity index (χ0) is 25.6. The number of hydrogen-bond donors (Lipinski definition) is 1. The van der Waals surface area contributed by atoms with Crippen molar-refractivity contribution in [2.75, 3.05) is 14.2 Å². The minimum Gasteiger partial charge on any atom is -0.497 e. The second kappa shape index (κ2) is 14.7. The largest absolute Gasteiger partial charge is 0.497 e.